The molecule has 0 aromatic carbocycles. The van der Waals surface area contributed by atoms with Gasteiger partial charge in [0.2, 0.25) is 5.28 Å². The zero-order valence-electron chi connectivity index (χ0n) is 12.5. The first-order chi connectivity index (χ1) is 10.8. The van der Waals surface area contributed by atoms with E-state index in [1.165, 1.54) is 23.9 Å². The van der Waals surface area contributed by atoms with E-state index < -0.39 is 0 Å². The zero-order chi connectivity index (χ0) is 17.8. The number of thioether (sulfide) groups is 1. The second-order valence-corrected chi connectivity index (χ2v) is 6.51. The summed E-state index contributed by atoms with van der Waals surface area (Å²) in [6.45, 7) is 4.01. The summed E-state index contributed by atoms with van der Waals surface area (Å²) < 4.78 is 0. The lowest BCUT2D eigenvalue weighted by Crippen LogP contribution is -1.94. The molecule has 0 saturated carbocycles. The largest absolute Gasteiger partial charge is 0.384 e. The van der Waals surface area contributed by atoms with Gasteiger partial charge < -0.3 is 11.5 Å². The number of rotatable bonds is 2. The summed E-state index contributed by atoms with van der Waals surface area (Å²) in [6.07, 6.45) is 0. The Morgan fingerprint density at radius 1 is 0.957 bits per heavy atom. The molecule has 128 valence electrons. The highest BCUT2D eigenvalue weighted by Gasteiger charge is 1.99. The fourth-order valence-electron chi connectivity index (χ4n) is 1.01. The normalized spacial score (nSPS) is 9.30. The van der Waals surface area contributed by atoms with Crippen LogP contribution in [0.1, 0.15) is 13.8 Å². The van der Waals surface area contributed by atoms with Gasteiger partial charge in [0.25, 0.3) is 0 Å². The average Bonchev–Trinajstić information content (AvgIpc) is 2.37. The molecule has 23 heavy (non-hydrogen) atoms. The molecular formula is C12H17Cl3N6S2. The van der Waals surface area contributed by atoms with Gasteiger partial charge in [-0.15, -0.1) is 0 Å². The first-order valence-electron chi connectivity index (χ1n) is 6.31. The highest BCUT2D eigenvalue weighted by Crippen LogP contribution is 2.16. The van der Waals surface area contributed by atoms with Crippen LogP contribution in [0.15, 0.2) is 17.3 Å². The second kappa shape index (κ2) is 12.7. The molecule has 6 nitrogen and oxygen atoms in total. The number of hydrogen-bond acceptors (Lipinski definition) is 8. The fraction of sp³-hybridized carbons (Fsp3) is 0.333. The number of thiol groups is 1. The molecule has 0 bridgehead atoms. The minimum atomic E-state index is 0.0694. The van der Waals surface area contributed by atoms with E-state index in [-0.39, 0.29) is 16.3 Å². The number of hydrogen-bond donors (Lipinski definition) is 3. The van der Waals surface area contributed by atoms with Gasteiger partial charge in [-0.05, 0) is 23.1 Å². The smallest absolute Gasteiger partial charge is 0.225 e. The van der Waals surface area contributed by atoms with Crippen LogP contribution in [0.5, 0.6) is 0 Å². The number of nitrogens with zero attached hydrogens (tertiary/aromatic N) is 4. The number of halogens is 3. The van der Waals surface area contributed by atoms with Gasteiger partial charge in [-0.3, -0.25) is 0 Å². The van der Waals surface area contributed by atoms with Crippen LogP contribution in [0, 0.1) is 0 Å². The van der Waals surface area contributed by atoms with Gasteiger partial charge in [0, 0.05) is 12.1 Å². The molecule has 2 heterocycles. The van der Waals surface area contributed by atoms with E-state index >= 15 is 0 Å². The molecule has 0 atom stereocenters. The summed E-state index contributed by atoms with van der Waals surface area (Å²) in [5.41, 5.74) is 10.7. The van der Waals surface area contributed by atoms with E-state index in [1.807, 2.05) is 13.8 Å². The third kappa shape index (κ3) is 11.5. The number of aromatic nitrogens is 4. The lowest BCUT2D eigenvalue weighted by atomic mass is 10.6. The van der Waals surface area contributed by atoms with Gasteiger partial charge in [0.15, 0.2) is 5.16 Å². The van der Waals surface area contributed by atoms with Crippen LogP contribution < -0.4 is 11.5 Å². The van der Waals surface area contributed by atoms with Crippen LogP contribution in [0.25, 0.3) is 0 Å². The molecule has 0 aliphatic heterocycles. The van der Waals surface area contributed by atoms with Crippen molar-refractivity contribution in [3.8, 4) is 0 Å². The lowest BCUT2D eigenvalue weighted by molar-refractivity contribution is 0.977. The maximum Gasteiger partial charge on any atom is 0.225 e. The Balaban J connectivity index is 0.000000365. The topological polar surface area (TPSA) is 104 Å². The summed E-state index contributed by atoms with van der Waals surface area (Å²) in [5, 5.41) is 1.36. The summed E-state index contributed by atoms with van der Waals surface area (Å²) in [4.78, 5) is 15.1. The highest BCUT2D eigenvalue weighted by molar-refractivity contribution is 7.99. The van der Waals surface area contributed by atoms with Crippen molar-refractivity contribution >= 4 is 70.8 Å². The Morgan fingerprint density at radius 2 is 1.43 bits per heavy atom. The Morgan fingerprint density at radius 3 is 1.83 bits per heavy atom. The van der Waals surface area contributed by atoms with Gasteiger partial charge in [-0.25, -0.2) is 19.9 Å². The summed E-state index contributed by atoms with van der Waals surface area (Å²) >= 11 is 21.7. The van der Waals surface area contributed by atoms with Crippen LogP contribution in [-0.2, 0) is 0 Å². The Labute approximate surface area is 160 Å². The van der Waals surface area contributed by atoms with E-state index in [2.05, 4.69) is 32.6 Å². The second-order valence-electron chi connectivity index (χ2n) is 3.53. The molecule has 0 aliphatic rings. The first-order valence-corrected chi connectivity index (χ1v) is 9.06. The molecule has 2 aromatic rings. The highest BCUT2D eigenvalue weighted by atomic mass is 35.5. The standard InChI is InChI=1S/C6H8ClN3S.C4H3Cl2N3.C2H6S/c1-2-11-6-9-4(7)3-5(8)10-6;5-2-1-3(7)9-4(6)8-2;1-2-3/h3H,2H2,1H3,(H2,8,9,10);1H,(H2,7,8,9);3H,2H2,1H3. The number of nitrogen functional groups attached to an aromatic ring is 2. The summed E-state index contributed by atoms with van der Waals surface area (Å²) in [5.74, 6) is 2.56. The van der Waals surface area contributed by atoms with Crippen LogP contribution in [0.3, 0.4) is 0 Å². The molecule has 0 fully saturated rings. The molecule has 0 spiro atoms. The molecule has 2 rings (SSSR count). The molecule has 2 aromatic heterocycles. The predicted octanol–water partition coefficient (Wildman–Crippen LogP) is 4.13. The summed E-state index contributed by atoms with van der Waals surface area (Å²) in [6, 6.07) is 2.95. The van der Waals surface area contributed by atoms with Crippen LogP contribution in [-0.4, -0.2) is 31.4 Å². The van der Waals surface area contributed by atoms with Crippen molar-refractivity contribution in [3.05, 3.63) is 27.7 Å². The first kappa shape index (κ1) is 22.3. The monoisotopic (exact) mass is 414 g/mol. The van der Waals surface area contributed by atoms with E-state index in [1.54, 1.807) is 0 Å². The Kier molecular flexibility index (Phi) is 12.3. The minimum absolute atomic E-state index is 0.0694. The molecule has 0 unspecified atom stereocenters. The predicted molar refractivity (Wildman–Crippen MR) is 104 cm³/mol. The fourth-order valence-corrected chi connectivity index (χ4v) is 2.27. The van der Waals surface area contributed by atoms with Crippen LogP contribution >= 0.6 is 59.2 Å². The van der Waals surface area contributed by atoms with Crippen molar-refractivity contribution in [1.29, 1.82) is 0 Å². The third-order valence-electron chi connectivity index (χ3n) is 1.66. The van der Waals surface area contributed by atoms with Crippen molar-refractivity contribution in [2.45, 2.75) is 19.0 Å². The van der Waals surface area contributed by atoms with Gasteiger partial charge in [-0.2, -0.15) is 12.6 Å². The molecule has 11 heteroatoms. The van der Waals surface area contributed by atoms with E-state index in [0.29, 0.717) is 16.1 Å². The number of anilines is 2. The Hall–Kier alpha value is -0.670. The molecule has 0 aliphatic carbocycles. The van der Waals surface area contributed by atoms with Gasteiger partial charge in [-0.1, -0.05) is 48.8 Å². The molecular weight excluding hydrogens is 399 g/mol. The van der Waals surface area contributed by atoms with Crippen LogP contribution in [0.2, 0.25) is 15.6 Å². The SMILES string of the molecule is CCS.CCSc1nc(N)cc(Cl)n1.Nc1cc(Cl)nc(Cl)n1. The molecule has 4 N–H and O–H groups in total. The van der Waals surface area contributed by atoms with Crippen molar-refractivity contribution in [3.63, 3.8) is 0 Å². The maximum atomic E-state index is 5.64. The summed E-state index contributed by atoms with van der Waals surface area (Å²) in [7, 11) is 0. The van der Waals surface area contributed by atoms with Crippen molar-refractivity contribution in [1.82, 2.24) is 19.9 Å². The molecule has 0 saturated heterocycles. The van der Waals surface area contributed by atoms with Crippen molar-refractivity contribution in [2.24, 2.45) is 0 Å². The Bertz CT molecular complexity index is 532. The average molecular weight is 416 g/mol. The third-order valence-corrected chi connectivity index (χ3v) is 2.94. The molecule has 0 radical (unpaired) electrons. The zero-order valence-corrected chi connectivity index (χ0v) is 16.5. The van der Waals surface area contributed by atoms with Crippen molar-refractivity contribution in [2.75, 3.05) is 23.0 Å². The van der Waals surface area contributed by atoms with Crippen LogP contribution in [0.4, 0.5) is 11.6 Å². The number of nitrogens with two attached hydrogens (primary N) is 2. The molecule has 0 amide bonds. The van der Waals surface area contributed by atoms with E-state index in [0.717, 1.165) is 11.5 Å². The quantitative estimate of drug-likeness (QED) is 0.293. The lowest BCUT2D eigenvalue weighted by Gasteiger charge is -1.98. The minimum Gasteiger partial charge on any atom is -0.384 e. The van der Waals surface area contributed by atoms with E-state index in [9.17, 15) is 0 Å². The van der Waals surface area contributed by atoms with Gasteiger partial charge in [0.05, 0.1) is 0 Å². The van der Waals surface area contributed by atoms with E-state index in [4.69, 9.17) is 46.3 Å². The van der Waals surface area contributed by atoms with Gasteiger partial charge >= 0.3 is 0 Å². The maximum absolute atomic E-state index is 5.64. The van der Waals surface area contributed by atoms with Gasteiger partial charge in [0.1, 0.15) is 21.9 Å². The van der Waals surface area contributed by atoms with Crippen molar-refractivity contribution < 1.29 is 0 Å².